The van der Waals surface area contributed by atoms with E-state index in [1.54, 1.807) is 29.9 Å². The number of esters is 1. The first kappa shape index (κ1) is 13.9. The molecule has 0 atom stereocenters. The zero-order chi connectivity index (χ0) is 14.7. The molecule has 1 aromatic carbocycles. The summed E-state index contributed by atoms with van der Waals surface area (Å²) >= 11 is 0. The number of carbonyl (C=O) groups is 1. The Morgan fingerprint density at radius 3 is 2.80 bits per heavy atom. The number of aromatic nitrogens is 2. The second-order valence-corrected chi connectivity index (χ2v) is 4.40. The van der Waals surface area contributed by atoms with Crippen LogP contribution in [0.4, 0.5) is 5.69 Å². The van der Waals surface area contributed by atoms with Gasteiger partial charge in [0.1, 0.15) is 17.9 Å². The molecular weight excluding hydrogens is 258 g/mol. The highest BCUT2D eigenvalue weighted by Gasteiger charge is 2.17. The van der Waals surface area contributed by atoms with Crippen LogP contribution in [0.5, 0.6) is 5.75 Å². The Morgan fingerprint density at radius 1 is 1.45 bits per heavy atom. The number of anilines is 1. The van der Waals surface area contributed by atoms with E-state index in [4.69, 9.17) is 15.2 Å². The van der Waals surface area contributed by atoms with Crippen molar-refractivity contribution in [3.05, 3.63) is 41.2 Å². The first-order chi connectivity index (χ1) is 9.52. The summed E-state index contributed by atoms with van der Waals surface area (Å²) in [4.78, 5) is 12.1. The molecule has 0 spiro atoms. The van der Waals surface area contributed by atoms with E-state index in [9.17, 15) is 4.79 Å². The number of methoxy groups -OCH3 is 1. The normalized spacial score (nSPS) is 10.3. The highest BCUT2D eigenvalue weighted by atomic mass is 16.5. The number of carbonyl (C=O) groups excluding carboxylic acids is 1. The molecule has 0 amide bonds. The number of hydrogen-bond acceptors (Lipinski definition) is 5. The topological polar surface area (TPSA) is 79.4 Å². The highest BCUT2D eigenvalue weighted by molar-refractivity contribution is 5.98. The first-order valence-corrected chi connectivity index (χ1v) is 6.12. The molecule has 0 aliphatic heterocycles. The summed E-state index contributed by atoms with van der Waals surface area (Å²) in [5.41, 5.74) is 8.06. The predicted molar refractivity (Wildman–Crippen MR) is 74.5 cm³/mol. The van der Waals surface area contributed by atoms with Gasteiger partial charge in [-0.3, -0.25) is 4.68 Å². The third-order valence-corrected chi connectivity index (χ3v) is 2.93. The van der Waals surface area contributed by atoms with Gasteiger partial charge in [0.25, 0.3) is 0 Å². The number of benzene rings is 1. The van der Waals surface area contributed by atoms with Crippen LogP contribution in [0.2, 0.25) is 0 Å². The lowest BCUT2D eigenvalue weighted by molar-refractivity contribution is 0.0461. The van der Waals surface area contributed by atoms with Gasteiger partial charge in [-0.05, 0) is 25.1 Å². The maximum absolute atomic E-state index is 12.1. The summed E-state index contributed by atoms with van der Waals surface area (Å²) < 4.78 is 12.1. The van der Waals surface area contributed by atoms with Crippen molar-refractivity contribution < 1.29 is 14.3 Å². The zero-order valence-electron chi connectivity index (χ0n) is 11.7. The number of aryl methyl sites for hydroxylation is 2. The second-order valence-electron chi connectivity index (χ2n) is 4.40. The molecule has 6 heteroatoms. The fourth-order valence-electron chi connectivity index (χ4n) is 1.95. The van der Waals surface area contributed by atoms with Crippen molar-refractivity contribution in [2.24, 2.45) is 7.05 Å². The minimum Gasteiger partial charge on any atom is -0.496 e. The van der Waals surface area contributed by atoms with Crippen molar-refractivity contribution in [2.45, 2.75) is 13.5 Å². The summed E-state index contributed by atoms with van der Waals surface area (Å²) in [6.45, 7) is 2.01. The van der Waals surface area contributed by atoms with Gasteiger partial charge in [0.15, 0.2) is 0 Å². The zero-order valence-corrected chi connectivity index (χ0v) is 11.7. The summed E-state index contributed by atoms with van der Waals surface area (Å²) in [5, 5.41) is 4.19. The smallest absolute Gasteiger partial charge is 0.344 e. The summed E-state index contributed by atoms with van der Waals surface area (Å²) in [5.74, 6) is -0.116. The molecule has 1 heterocycles. The Kier molecular flexibility index (Phi) is 3.93. The summed E-state index contributed by atoms with van der Waals surface area (Å²) in [7, 11) is 3.28. The summed E-state index contributed by atoms with van der Waals surface area (Å²) in [6.07, 6.45) is 0. The molecule has 0 radical (unpaired) electrons. The minimum absolute atomic E-state index is 0.133. The van der Waals surface area contributed by atoms with Crippen LogP contribution < -0.4 is 10.5 Å². The molecule has 0 bridgehead atoms. The van der Waals surface area contributed by atoms with Crippen LogP contribution in [-0.2, 0) is 18.4 Å². The molecule has 2 N–H and O–H groups in total. The van der Waals surface area contributed by atoms with Crippen molar-refractivity contribution in [2.75, 3.05) is 12.8 Å². The number of rotatable bonds is 4. The Labute approximate surface area is 117 Å². The Hall–Kier alpha value is -2.50. The van der Waals surface area contributed by atoms with Gasteiger partial charge in [-0.2, -0.15) is 5.10 Å². The van der Waals surface area contributed by atoms with Crippen LogP contribution in [0.1, 0.15) is 21.7 Å². The molecule has 0 saturated carbocycles. The lowest BCUT2D eigenvalue weighted by Gasteiger charge is -2.10. The van der Waals surface area contributed by atoms with Crippen LogP contribution in [-0.4, -0.2) is 22.9 Å². The van der Waals surface area contributed by atoms with Crippen LogP contribution >= 0.6 is 0 Å². The van der Waals surface area contributed by atoms with Crippen LogP contribution in [0.15, 0.2) is 24.3 Å². The average Bonchev–Trinajstić information content (AvgIpc) is 2.74. The van der Waals surface area contributed by atoms with E-state index in [0.717, 1.165) is 11.4 Å². The molecule has 2 rings (SSSR count). The average molecular weight is 275 g/mol. The number of hydrogen-bond donors (Lipinski definition) is 1. The van der Waals surface area contributed by atoms with Crippen molar-refractivity contribution in [1.82, 2.24) is 9.78 Å². The fraction of sp³-hybridized carbons (Fsp3) is 0.286. The largest absolute Gasteiger partial charge is 0.496 e. The SMILES string of the molecule is COc1cccc(N)c1C(=O)OCc1cc(C)nn1C. The molecule has 0 fully saturated rings. The van der Waals surface area contributed by atoms with Gasteiger partial charge in [-0.25, -0.2) is 4.79 Å². The Bertz CT molecular complexity index is 635. The number of nitrogens with two attached hydrogens (primary N) is 1. The molecule has 0 aliphatic carbocycles. The fourth-order valence-corrected chi connectivity index (χ4v) is 1.95. The molecule has 2 aromatic rings. The van der Waals surface area contributed by atoms with Gasteiger partial charge >= 0.3 is 5.97 Å². The van der Waals surface area contributed by atoms with Gasteiger partial charge in [0.05, 0.1) is 18.5 Å². The van der Waals surface area contributed by atoms with Crippen molar-refractivity contribution in [3.63, 3.8) is 0 Å². The first-order valence-electron chi connectivity index (χ1n) is 6.12. The van der Waals surface area contributed by atoms with Gasteiger partial charge in [0, 0.05) is 12.7 Å². The van der Waals surface area contributed by atoms with E-state index in [1.807, 2.05) is 13.0 Å². The Morgan fingerprint density at radius 2 is 2.20 bits per heavy atom. The maximum atomic E-state index is 12.1. The van der Waals surface area contributed by atoms with Crippen molar-refractivity contribution in [3.8, 4) is 5.75 Å². The lowest BCUT2D eigenvalue weighted by Crippen LogP contribution is -2.11. The van der Waals surface area contributed by atoms with E-state index in [-0.39, 0.29) is 12.2 Å². The standard InChI is InChI=1S/C14H17N3O3/c1-9-7-10(17(2)16-9)8-20-14(18)13-11(15)5-4-6-12(13)19-3/h4-7H,8,15H2,1-3H3. The van der Waals surface area contributed by atoms with Gasteiger partial charge in [-0.1, -0.05) is 6.07 Å². The number of nitrogen functional groups attached to an aromatic ring is 1. The van der Waals surface area contributed by atoms with E-state index >= 15 is 0 Å². The third-order valence-electron chi connectivity index (χ3n) is 2.93. The van der Waals surface area contributed by atoms with Gasteiger partial charge in [0.2, 0.25) is 0 Å². The van der Waals surface area contributed by atoms with Crippen molar-refractivity contribution in [1.29, 1.82) is 0 Å². The number of nitrogens with zero attached hydrogens (tertiary/aromatic N) is 2. The quantitative estimate of drug-likeness (QED) is 0.678. The molecule has 0 unspecified atom stereocenters. The molecule has 6 nitrogen and oxygen atoms in total. The minimum atomic E-state index is -0.515. The molecule has 0 saturated heterocycles. The van der Waals surface area contributed by atoms with Crippen LogP contribution in [0, 0.1) is 6.92 Å². The maximum Gasteiger partial charge on any atom is 0.344 e. The van der Waals surface area contributed by atoms with Crippen LogP contribution in [0.25, 0.3) is 0 Å². The highest BCUT2D eigenvalue weighted by Crippen LogP contribution is 2.25. The third kappa shape index (κ3) is 2.74. The van der Waals surface area contributed by atoms with Gasteiger partial charge in [-0.15, -0.1) is 0 Å². The van der Waals surface area contributed by atoms with E-state index in [0.29, 0.717) is 11.4 Å². The number of ether oxygens (including phenoxy) is 2. The molecule has 0 aliphatic rings. The van der Waals surface area contributed by atoms with E-state index < -0.39 is 5.97 Å². The summed E-state index contributed by atoms with van der Waals surface area (Å²) in [6, 6.07) is 6.88. The van der Waals surface area contributed by atoms with Crippen LogP contribution in [0.3, 0.4) is 0 Å². The molecule has 106 valence electrons. The van der Waals surface area contributed by atoms with Crippen molar-refractivity contribution >= 4 is 11.7 Å². The predicted octanol–water partition coefficient (Wildman–Crippen LogP) is 1.68. The molecule has 1 aromatic heterocycles. The Balaban J connectivity index is 2.15. The second kappa shape index (κ2) is 5.64. The molecular formula is C14H17N3O3. The molecule has 20 heavy (non-hydrogen) atoms. The van der Waals surface area contributed by atoms with E-state index in [2.05, 4.69) is 5.10 Å². The van der Waals surface area contributed by atoms with Gasteiger partial charge < -0.3 is 15.2 Å². The van der Waals surface area contributed by atoms with E-state index in [1.165, 1.54) is 7.11 Å². The monoisotopic (exact) mass is 275 g/mol. The lowest BCUT2D eigenvalue weighted by atomic mass is 10.1.